The van der Waals surface area contributed by atoms with Crippen LogP contribution in [-0.2, 0) is 6.42 Å². The minimum atomic E-state index is 0.658. The first-order chi connectivity index (χ1) is 9.38. The highest BCUT2D eigenvalue weighted by Gasteiger charge is 2.17. The van der Waals surface area contributed by atoms with E-state index in [0.717, 1.165) is 11.8 Å². The SMILES string of the molecule is CCCNC(CSC1CCCCC1)Cc1cccs1. The third kappa shape index (κ3) is 5.88. The van der Waals surface area contributed by atoms with Gasteiger partial charge in [0.15, 0.2) is 0 Å². The number of hydrogen-bond donors (Lipinski definition) is 1. The number of hydrogen-bond acceptors (Lipinski definition) is 3. The Bertz CT molecular complexity index is 317. The summed E-state index contributed by atoms with van der Waals surface area (Å²) in [6.45, 7) is 3.41. The summed E-state index contributed by atoms with van der Waals surface area (Å²) in [6.07, 6.45) is 9.70. The van der Waals surface area contributed by atoms with Crippen LogP contribution in [0.5, 0.6) is 0 Å². The molecule has 3 heteroatoms. The van der Waals surface area contributed by atoms with E-state index in [9.17, 15) is 0 Å². The Morgan fingerprint density at radius 1 is 1.37 bits per heavy atom. The van der Waals surface area contributed by atoms with E-state index in [1.165, 1.54) is 55.6 Å². The molecule has 1 aliphatic carbocycles. The quantitative estimate of drug-likeness (QED) is 0.745. The number of nitrogens with one attached hydrogen (secondary N) is 1. The number of rotatable bonds is 8. The van der Waals surface area contributed by atoms with Crippen molar-refractivity contribution < 1.29 is 0 Å². The third-order valence-electron chi connectivity index (χ3n) is 3.80. The van der Waals surface area contributed by atoms with Gasteiger partial charge >= 0.3 is 0 Å². The van der Waals surface area contributed by atoms with E-state index in [1.807, 2.05) is 11.3 Å². The van der Waals surface area contributed by atoms with Gasteiger partial charge in [0.1, 0.15) is 0 Å². The summed E-state index contributed by atoms with van der Waals surface area (Å²) in [5.74, 6) is 1.28. The molecule has 1 fully saturated rings. The first-order valence-electron chi connectivity index (χ1n) is 7.76. The fraction of sp³-hybridized carbons (Fsp3) is 0.750. The molecule has 0 radical (unpaired) electrons. The van der Waals surface area contributed by atoms with Crippen LogP contribution in [0.1, 0.15) is 50.3 Å². The van der Waals surface area contributed by atoms with Crippen molar-refractivity contribution in [1.82, 2.24) is 5.32 Å². The van der Waals surface area contributed by atoms with Crippen LogP contribution in [0.3, 0.4) is 0 Å². The lowest BCUT2D eigenvalue weighted by Gasteiger charge is -2.24. The van der Waals surface area contributed by atoms with Gasteiger partial charge in [0.05, 0.1) is 0 Å². The Morgan fingerprint density at radius 2 is 2.21 bits per heavy atom. The minimum absolute atomic E-state index is 0.658. The van der Waals surface area contributed by atoms with Gasteiger partial charge in [0, 0.05) is 21.9 Å². The summed E-state index contributed by atoms with van der Waals surface area (Å²) in [7, 11) is 0. The van der Waals surface area contributed by atoms with E-state index in [4.69, 9.17) is 0 Å². The molecule has 1 nitrogen and oxygen atoms in total. The average Bonchev–Trinajstić information content (AvgIpc) is 2.96. The zero-order chi connectivity index (χ0) is 13.3. The average molecular weight is 298 g/mol. The summed E-state index contributed by atoms with van der Waals surface area (Å²) < 4.78 is 0. The molecule has 1 N–H and O–H groups in total. The molecule has 0 bridgehead atoms. The maximum absolute atomic E-state index is 3.73. The zero-order valence-electron chi connectivity index (χ0n) is 12.1. The van der Waals surface area contributed by atoms with Crippen molar-refractivity contribution in [2.45, 2.75) is 63.2 Å². The molecule has 19 heavy (non-hydrogen) atoms. The zero-order valence-corrected chi connectivity index (χ0v) is 13.7. The van der Waals surface area contributed by atoms with Gasteiger partial charge in [-0.15, -0.1) is 11.3 Å². The van der Waals surface area contributed by atoms with Crippen LogP contribution in [0.2, 0.25) is 0 Å². The summed E-state index contributed by atoms with van der Waals surface area (Å²) in [4.78, 5) is 1.53. The number of thioether (sulfide) groups is 1. The van der Waals surface area contributed by atoms with Crippen LogP contribution in [0.15, 0.2) is 17.5 Å². The molecule has 0 spiro atoms. The molecular formula is C16H27NS2. The Kier molecular flexibility index (Phi) is 7.33. The van der Waals surface area contributed by atoms with Crippen molar-refractivity contribution in [3.05, 3.63) is 22.4 Å². The molecule has 0 aromatic carbocycles. The fourth-order valence-electron chi connectivity index (χ4n) is 2.69. The smallest absolute Gasteiger partial charge is 0.0206 e. The molecule has 1 aliphatic rings. The van der Waals surface area contributed by atoms with Crippen LogP contribution in [0, 0.1) is 0 Å². The summed E-state index contributed by atoms with van der Waals surface area (Å²) >= 11 is 4.12. The lowest BCUT2D eigenvalue weighted by molar-refractivity contribution is 0.512. The Morgan fingerprint density at radius 3 is 2.89 bits per heavy atom. The third-order valence-corrected chi connectivity index (χ3v) is 6.23. The van der Waals surface area contributed by atoms with Gasteiger partial charge in [0.2, 0.25) is 0 Å². The molecule has 1 atom stereocenters. The Labute approximate surface area is 126 Å². The maximum atomic E-state index is 3.73. The first-order valence-corrected chi connectivity index (χ1v) is 9.68. The lowest BCUT2D eigenvalue weighted by Crippen LogP contribution is -2.34. The van der Waals surface area contributed by atoms with E-state index < -0.39 is 0 Å². The second-order valence-electron chi connectivity index (χ2n) is 5.53. The van der Waals surface area contributed by atoms with Crippen molar-refractivity contribution >= 4 is 23.1 Å². The van der Waals surface area contributed by atoms with Gasteiger partial charge in [0.25, 0.3) is 0 Å². The summed E-state index contributed by atoms with van der Waals surface area (Å²) in [5, 5.41) is 6.86. The molecule has 1 aromatic rings. The molecule has 1 unspecified atom stereocenters. The highest BCUT2D eigenvalue weighted by Crippen LogP contribution is 2.29. The van der Waals surface area contributed by atoms with Gasteiger partial charge in [-0.25, -0.2) is 0 Å². The normalized spacial score (nSPS) is 18.6. The molecule has 1 heterocycles. The molecule has 1 saturated carbocycles. The summed E-state index contributed by atoms with van der Waals surface area (Å²) in [5.41, 5.74) is 0. The molecular weight excluding hydrogens is 270 g/mol. The molecule has 1 aromatic heterocycles. The van der Waals surface area contributed by atoms with E-state index in [1.54, 1.807) is 0 Å². The highest BCUT2D eigenvalue weighted by atomic mass is 32.2. The maximum Gasteiger partial charge on any atom is 0.0206 e. The van der Waals surface area contributed by atoms with Gasteiger partial charge in [-0.05, 0) is 43.7 Å². The summed E-state index contributed by atoms with van der Waals surface area (Å²) in [6, 6.07) is 5.10. The van der Waals surface area contributed by atoms with Crippen molar-refractivity contribution in [2.24, 2.45) is 0 Å². The Balaban J connectivity index is 1.75. The lowest BCUT2D eigenvalue weighted by atomic mass is 10.0. The van der Waals surface area contributed by atoms with E-state index in [0.29, 0.717) is 6.04 Å². The van der Waals surface area contributed by atoms with Crippen LogP contribution in [-0.4, -0.2) is 23.6 Å². The van der Waals surface area contributed by atoms with Crippen molar-refractivity contribution in [3.8, 4) is 0 Å². The van der Waals surface area contributed by atoms with Crippen molar-refractivity contribution in [1.29, 1.82) is 0 Å². The van der Waals surface area contributed by atoms with Gasteiger partial charge in [-0.1, -0.05) is 32.3 Å². The molecule has 0 aliphatic heterocycles. The number of thiophene rings is 1. The highest BCUT2D eigenvalue weighted by molar-refractivity contribution is 7.99. The first kappa shape index (κ1) is 15.4. The molecule has 108 valence electrons. The monoisotopic (exact) mass is 297 g/mol. The second-order valence-corrected chi connectivity index (χ2v) is 7.89. The van der Waals surface area contributed by atoms with Crippen LogP contribution in [0.4, 0.5) is 0 Å². The standard InChI is InChI=1S/C16H27NS2/c1-2-10-17-14(12-16-9-6-11-18-16)13-19-15-7-4-3-5-8-15/h6,9,11,14-15,17H,2-5,7-8,10,12-13H2,1H3. The van der Waals surface area contributed by atoms with Gasteiger partial charge in [-0.3, -0.25) is 0 Å². The second kappa shape index (κ2) is 9.04. The molecule has 0 saturated heterocycles. The largest absolute Gasteiger partial charge is 0.313 e. The van der Waals surface area contributed by atoms with Crippen LogP contribution < -0.4 is 5.32 Å². The van der Waals surface area contributed by atoms with Gasteiger partial charge < -0.3 is 5.32 Å². The predicted molar refractivity (Wildman–Crippen MR) is 89.4 cm³/mol. The van der Waals surface area contributed by atoms with Gasteiger partial charge in [-0.2, -0.15) is 11.8 Å². The Hall–Kier alpha value is 0.01000. The minimum Gasteiger partial charge on any atom is -0.313 e. The van der Waals surface area contributed by atoms with E-state index >= 15 is 0 Å². The van der Waals surface area contributed by atoms with E-state index in [2.05, 4.69) is 41.5 Å². The van der Waals surface area contributed by atoms with E-state index in [-0.39, 0.29) is 0 Å². The molecule has 2 rings (SSSR count). The van der Waals surface area contributed by atoms with Crippen LogP contribution in [0.25, 0.3) is 0 Å². The fourth-order valence-corrected chi connectivity index (χ4v) is 4.89. The van der Waals surface area contributed by atoms with Crippen LogP contribution >= 0.6 is 23.1 Å². The topological polar surface area (TPSA) is 12.0 Å². The molecule has 0 amide bonds. The van der Waals surface area contributed by atoms with Crippen molar-refractivity contribution in [3.63, 3.8) is 0 Å². The predicted octanol–water partition coefficient (Wildman–Crippen LogP) is 4.72. The van der Waals surface area contributed by atoms with Crippen molar-refractivity contribution in [2.75, 3.05) is 12.3 Å².